The first-order valence-electron chi connectivity index (χ1n) is 10.2. The van der Waals surface area contributed by atoms with Gasteiger partial charge in [-0.2, -0.15) is 5.10 Å². The lowest BCUT2D eigenvalue weighted by molar-refractivity contribution is -0.135. The molecule has 148 valence electrons. The van der Waals surface area contributed by atoms with Gasteiger partial charge in [-0.1, -0.05) is 12.1 Å². The van der Waals surface area contributed by atoms with E-state index in [-0.39, 0.29) is 12.0 Å². The van der Waals surface area contributed by atoms with Gasteiger partial charge in [-0.15, -0.1) is 0 Å². The van der Waals surface area contributed by atoms with Gasteiger partial charge in [0, 0.05) is 42.9 Å². The highest BCUT2D eigenvalue weighted by Gasteiger charge is 2.24. The number of amides is 1. The second-order valence-electron chi connectivity index (χ2n) is 7.57. The summed E-state index contributed by atoms with van der Waals surface area (Å²) in [4.78, 5) is 19.5. The Morgan fingerprint density at radius 3 is 2.93 bits per heavy atom. The molecule has 1 aromatic carbocycles. The summed E-state index contributed by atoms with van der Waals surface area (Å²) in [6, 6.07) is 8.06. The fourth-order valence-electron chi connectivity index (χ4n) is 4.26. The van der Waals surface area contributed by atoms with E-state index in [0.717, 1.165) is 52.9 Å². The molecule has 1 aliphatic heterocycles. The molecule has 0 N–H and O–H groups in total. The van der Waals surface area contributed by atoms with Crippen molar-refractivity contribution in [1.29, 1.82) is 0 Å². The van der Waals surface area contributed by atoms with Gasteiger partial charge in [0.05, 0.1) is 11.6 Å². The fraction of sp³-hybridized carbons (Fsp3) is 0.500. The van der Waals surface area contributed by atoms with Crippen molar-refractivity contribution in [3.8, 4) is 0 Å². The number of aryl methyl sites for hydroxylation is 2. The molecule has 1 aliphatic rings. The topological polar surface area (TPSA) is 59.7 Å². The van der Waals surface area contributed by atoms with Crippen molar-refractivity contribution in [2.75, 3.05) is 19.7 Å². The van der Waals surface area contributed by atoms with Crippen molar-refractivity contribution in [2.24, 2.45) is 0 Å². The van der Waals surface area contributed by atoms with Crippen LogP contribution in [0.15, 0.2) is 24.3 Å². The molecule has 0 spiro atoms. The number of benzene rings is 1. The summed E-state index contributed by atoms with van der Waals surface area (Å²) >= 11 is 0. The Morgan fingerprint density at radius 2 is 2.11 bits per heavy atom. The first-order chi connectivity index (χ1) is 13.6. The maximum Gasteiger partial charge on any atom is 0.222 e. The van der Waals surface area contributed by atoms with E-state index in [0.29, 0.717) is 26.0 Å². The van der Waals surface area contributed by atoms with Crippen LogP contribution in [0.1, 0.15) is 43.1 Å². The van der Waals surface area contributed by atoms with Crippen LogP contribution in [0.25, 0.3) is 16.6 Å². The van der Waals surface area contributed by atoms with E-state index in [4.69, 9.17) is 14.8 Å². The summed E-state index contributed by atoms with van der Waals surface area (Å²) in [6.07, 6.45) is 3.42. The molecule has 2 aromatic heterocycles. The molecular weight excluding hydrogens is 352 g/mol. The standard InChI is InChI=1S/C22H28N4O2/c1-4-28-17-8-7-13-25(14-17)21(27)12-11-18-15(2)23-22-19-9-5-6-10-20(19)24-26(22)16(18)3/h5-6,9-10,17H,4,7-8,11-14H2,1-3H3. The number of aromatic nitrogens is 3. The predicted octanol–water partition coefficient (Wildman–Crippen LogP) is 3.46. The van der Waals surface area contributed by atoms with E-state index < -0.39 is 0 Å². The highest BCUT2D eigenvalue weighted by molar-refractivity contribution is 5.92. The molecule has 4 rings (SSSR count). The van der Waals surface area contributed by atoms with Crippen LogP contribution in [-0.4, -0.2) is 51.2 Å². The molecule has 0 radical (unpaired) electrons. The Hall–Kier alpha value is -2.47. The molecule has 0 bridgehead atoms. The van der Waals surface area contributed by atoms with Gasteiger partial charge in [0.2, 0.25) is 5.91 Å². The minimum absolute atomic E-state index is 0.181. The number of carbonyl (C=O) groups is 1. The van der Waals surface area contributed by atoms with Crippen LogP contribution in [0.4, 0.5) is 0 Å². The molecule has 0 saturated carbocycles. The number of fused-ring (bicyclic) bond motifs is 3. The molecule has 1 atom stereocenters. The summed E-state index contributed by atoms with van der Waals surface area (Å²) in [6.45, 7) is 8.36. The van der Waals surface area contributed by atoms with Gasteiger partial charge in [-0.05, 0) is 57.7 Å². The number of carbonyl (C=O) groups excluding carboxylic acids is 1. The zero-order chi connectivity index (χ0) is 19.7. The SMILES string of the molecule is CCOC1CCCN(C(=O)CCc2c(C)nc3c4ccccc4nn3c2C)C1. The van der Waals surface area contributed by atoms with Crippen molar-refractivity contribution in [1.82, 2.24) is 19.5 Å². The Labute approximate surface area is 165 Å². The molecule has 1 unspecified atom stereocenters. The fourth-order valence-corrected chi connectivity index (χ4v) is 4.26. The molecule has 6 nitrogen and oxygen atoms in total. The maximum absolute atomic E-state index is 12.8. The van der Waals surface area contributed by atoms with E-state index >= 15 is 0 Å². The third-order valence-electron chi connectivity index (χ3n) is 5.74. The molecule has 1 amide bonds. The lowest BCUT2D eigenvalue weighted by Crippen LogP contribution is -2.43. The van der Waals surface area contributed by atoms with Gasteiger partial charge in [0.1, 0.15) is 0 Å². The van der Waals surface area contributed by atoms with Gasteiger partial charge < -0.3 is 9.64 Å². The lowest BCUT2D eigenvalue weighted by Gasteiger charge is -2.32. The molecule has 3 aromatic rings. The number of hydrogen-bond acceptors (Lipinski definition) is 4. The summed E-state index contributed by atoms with van der Waals surface area (Å²) < 4.78 is 7.65. The number of piperidine rings is 1. The Kier molecular flexibility index (Phi) is 5.31. The summed E-state index contributed by atoms with van der Waals surface area (Å²) in [5.41, 5.74) is 5.00. The van der Waals surface area contributed by atoms with Crippen molar-refractivity contribution in [3.05, 3.63) is 41.2 Å². The molecule has 3 heterocycles. The monoisotopic (exact) mass is 380 g/mol. The second kappa shape index (κ2) is 7.87. The second-order valence-corrected chi connectivity index (χ2v) is 7.57. The number of rotatable bonds is 5. The van der Waals surface area contributed by atoms with Gasteiger partial charge in [0.15, 0.2) is 5.65 Å². The minimum atomic E-state index is 0.181. The Morgan fingerprint density at radius 1 is 1.29 bits per heavy atom. The average molecular weight is 380 g/mol. The molecular formula is C22H28N4O2. The van der Waals surface area contributed by atoms with Crippen molar-refractivity contribution >= 4 is 22.5 Å². The number of ether oxygens (including phenoxy) is 1. The van der Waals surface area contributed by atoms with Gasteiger partial charge >= 0.3 is 0 Å². The summed E-state index contributed by atoms with van der Waals surface area (Å²) in [5.74, 6) is 0.203. The van der Waals surface area contributed by atoms with E-state index in [2.05, 4.69) is 13.0 Å². The van der Waals surface area contributed by atoms with Crippen molar-refractivity contribution in [2.45, 2.75) is 52.6 Å². The first-order valence-corrected chi connectivity index (χ1v) is 10.2. The van der Waals surface area contributed by atoms with Gasteiger partial charge in [-0.25, -0.2) is 9.50 Å². The molecule has 0 aliphatic carbocycles. The summed E-state index contributed by atoms with van der Waals surface area (Å²) in [5, 5.41) is 5.77. The van der Waals surface area contributed by atoms with E-state index in [1.165, 1.54) is 0 Å². The number of nitrogens with zero attached hydrogens (tertiary/aromatic N) is 4. The number of likely N-dealkylation sites (tertiary alicyclic amines) is 1. The van der Waals surface area contributed by atoms with Crippen LogP contribution in [-0.2, 0) is 16.0 Å². The van der Waals surface area contributed by atoms with Gasteiger partial charge in [0.25, 0.3) is 0 Å². The molecule has 6 heteroatoms. The quantitative estimate of drug-likeness (QED) is 0.680. The zero-order valence-electron chi connectivity index (χ0n) is 16.9. The minimum Gasteiger partial charge on any atom is -0.377 e. The van der Waals surface area contributed by atoms with Crippen LogP contribution >= 0.6 is 0 Å². The zero-order valence-corrected chi connectivity index (χ0v) is 16.9. The van der Waals surface area contributed by atoms with Crippen LogP contribution in [0.3, 0.4) is 0 Å². The Bertz CT molecular complexity index is 1010. The highest BCUT2D eigenvalue weighted by atomic mass is 16.5. The predicted molar refractivity (Wildman–Crippen MR) is 110 cm³/mol. The van der Waals surface area contributed by atoms with Crippen LogP contribution in [0.5, 0.6) is 0 Å². The van der Waals surface area contributed by atoms with Crippen LogP contribution < -0.4 is 0 Å². The lowest BCUT2D eigenvalue weighted by atomic mass is 10.0. The van der Waals surface area contributed by atoms with Crippen molar-refractivity contribution < 1.29 is 9.53 Å². The first kappa shape index (κ1) is 18.9. The largest absolute Gasteiger partial charge is 0.377 e. The maximum atomic E-state index is 12.8. The van der Waals surface area contributed by atoms with Crippen LogP contribution in [0.2, 0.25) is 0 Å². The summed E-state index contributed by atoms with van der Waals surface area (Å²) in [7, 11) is 0. The third-order valence-corrected chi connectivity index (χ3v) is 5.74. The smallest absolute Gasteiger partial charge is 0.222 e. The average Bonchev–Trinajstić information content (AvgIpc) is 3.07. The van der Waals surface area contributed by atoms with E-state index in [1.54, 1.807) is 0 Å². The van der Waals surface area contributed by atoms with E-state index in [9.17, 15) is 4.79 Å². The molecule has 28 heavy (non-hydrogen) atoms. The van der Waals surface area contributed by atoms with Crippen LogP contribution in [0, 0.1) is 13.8 Å². The van der Waals surface area contributed by atoms with E-state index in [1.807, 2.05) is 41.5 Å². The van der Waals surface area contributed by atoms with Gasteiger partial charge in [-0.3, -0.25) is 4.79 Å². The molecule has 1 fully saturated rings. The third kappa shape index (κ3) is 3.49. The number of hydrogen-bond donors (Lipinski definition) is 0. The Balaban J connectivity index is 1.53. The normalized spacial score (nSPS) is 17.5. The van der Waals surface area contributed by atoms with Crippen molar-refractivity contribution in [3.63, 3.8) is 0 Å². The highest BCUT2D eigenvalue weighted by Crippen LogP contribution is 2.23. The molecule has 1 saturated heterocycles.